The lowest BCUT2D eigenvalue weighted by atomic mass is 9.99. The quantitative estimate of drug-likeness (QED) is 0.279. The fourth-order valence-corrected chi connectivity index (χ4v) is 3.27. The Hall–Kier alpha value is -4.40. The molecule has 1 atom stereocenters. The predicted molar refractivity (Wildman–Crippen MR) is 129 cm³/mol. The second-order valence-corrected chi connectivity index (χ2v) is 7.46. The molecule has 0 saturated heterocycles. The molecule has 0 fully saturated rings. The molecule has 1 heterocycles. The maximum Gasteiger partial charge on any atom is 0.315 e. The van der Waals surface area contributed by atoms with E-state index in [0.717, 1.165) is 11.1 Å². The highest BCUT2D eigenvalue weighted by molar-refractivity contribution is 5.84. The minimum Gasteiger partial charge on any atom is -0.481 e. The molecule has 1 aromatic heterocycles. The molecule has 0 radical (unpaired) electrons. The van der Waals surface area contributed by atoms with Gasteiger partial charge in [-0.15, -0.1) is 0 Å². The van der Waals surface area contributed by atoms with Crippen LogP contribution in [0.4, 0.5) is 10.6 Å². The molecule has 9 heteroatoms. The smallest absolute Gasteiger partial charge is 0.315 e. The van der Waals surface area contributed by atoms with Crippen LogP contribution in [0.15, 0.2) is 79.0 Å². The Balaban J connectivity index is 1.46. The molecule has 0 saturated carbocycles. The van der Waals surface area contributed by atoms with Crippen LogP contribution in [0.2, 0.25) is 0 Å². The third kappa shape index (κ3) is 7.94. The van der Waals surface area contributed by atoms with Gasteiger partial charge >= 0.3 is 12.0 Å². The number of rotatable bonds is 11. The zero-order chi connectivity index (χ0) is 24.2. The Morgan fingerprint density at radius 2 is 1.53 bits per heavy atom. The molecule has 0 aliphatic heterocycles. The summed E-state index contributed by atoms with van der Waals surface area (Å²) >= 11 is 0. The molecule has 9 nitrogen and oxygen atoms in total. The van der Waals surface area contributed by atoms with Gasteiger partial charge in [0.15, 0.2) is 0 Å². The fraction of sp³-hybridized carbons (Fsp3) is 0.200. The van der Waals surface area contributed by atoms with Crippen LogP contribution in [-0.4, -0.2) is 47.6 Å². The monoisotopic (exact) mass is 461 g/mol. The molecular weight excluding hydrogens is 434 g/mol. The first-order valence-electron chi connectivity index (χ1n) is 10.8. The van der Waals surface area contributed by atoms with Gasteiger partial charge in [0.2, 0.25) is 5.91 Å². The van der Waals surface area contributed by atoms with Gasteiger partial charge in [0.1, 0.15) is 5.82 Å². The van der Waals surface area contributed by atoms with E-state index in [1.807, 2.05) is 60.7 Å². The van der Waals surface area contributed by atoms with E-state index in [4.69, 9.17) is 0 Å². The van der Waals surface area contributed by atoms with Crippen LogP contribution in [0.25, 0.3) is 11.1 Å². The molecule has 0 bridgehead atoms. The van der Waals surface area contributed by atoms with Crippen LogP contribution in [0.1, 0.15) is 18.0 Å². The normalized spacial score (nSPS) is 11.2. The van der Waals surface area contributed by atoms with Crippen molar-refractivity contribution in [3.05, 3.63) is 84.6 Å². The first kappa shape index (κ1) is 24.2. The molecule has 0 aliphatic rings. The number of carbonyl (C=O) groups excluding carboxylic acids is 2. The number of benzene rings is 2. The number of aliphatic carboxylic acids is 1. The average Bonchev–Trinajstić information content (AvgIpc) is 2.86. The summed E-state index contributed by atoms with van der Waals surface area (Å²) in [4.78, 5) is 39.7. The number of nitrogens with one attached hydrogen (secondary N) is 4. The van der Waals surface area contributed by atoms with Crippen LogP contribution in [0.3, 0.4) is 0 Å². The highest BCUT2D eigenvalue weighted by Crippen LogP contribution is 2.23. The standard InChI is InChI=1S/C25H27N5O4/c31-23(17-29-25(34)28-15-14-27-22-8-4-5-13-26-22)30-21(16-24(32)33)20-11-9-19(10-12-20)18-6-2-1-3-7-18/h1-13,21H,14-17H2,(H,26,27)(H,30,31)(H,32,33)(H2,28,29,34). The number of hydrogen-bond acceptors (Lipinski definition) is 5. The fourth-order valence-electron chi connectivity index (χ4n) is 3.27. The number of carbonyl (C=O) groups is 3. The number of anilines is 1. The van der Waals surface area contributed by atoms with Gasteiger partial charge in [0, 0.05) is 19.3 Å². The number of hydrogen-bond donors (Lipinski definition) is 5. The molecule has 3 rings (SSSR count). The first-order valence-corrected chi connectivity index (χ1v) is 10.8. The maximum absolute atomic E-state index is 12.3. The molecule has 2 aromatic carbocycles. The lowest BCUT2D eigenvalue weighted by Gasteiger charge is -2.18. The topological polar surface area (TPSA) is 132 Å². The van der Waals surface area contributed by atoms with E-state index in [-0.39, 0.29) is 13.0 Å². The molecule has 34 heavy (non-hydrogen) atoms. The van der Waals surface area contributed by atoms with E-state index < -0.39 is 23.9 Å². The number of nitrogens with zero attached hydrogens (tertiary/aromatic N) is 1. The van der Waals surface area contributed by atoms with Crippen molar-refractivity contribution in [2.24, 2.45) is 0 Å². The summed E-state index contributed by atoms with van der Waals surface area (Å²) < 4.78 is 0. The summed E-state index contributed by atoms with van der Waals surface area (Å²) in [5.41, 5.74) is 2.69. The van der Waals surface area contributed by atoms with Gasteiger partial charge in [-0.2, -0.15) is 0 Å². The van der Waals surface area contributed by atoms with Gasteiger partial charge in [-0.3, -0.25) is 9.59 Å². The summed E-state index contributed by atoms with van der Waals surface area (Å²) in [7, 11) is 0. The van der Waals surface area contributed by atoms with Gasteiger partial charge in [0.05, 0.1) is 19.0 Å². The number of pyridine rings is 1. The van der Waals surface area contributed by atoms with Crippen molar-refractivity contribution >= 4 is 23.7 Å². The SMILES string of the molecule is O=C(O)CC(NC(=O)CNC(=O)NCCNc1ccccn1)c1ccc(-c2ccccc2)cc1. The van der Waals surface area contributed by atoms with Crippen molar-refractivity contribution in [1.82, 2.24) is 20.9 Å². The highest BCUT2D eigenvalue weighted by atomic mass is 16.4. The molecule has 1 unspecified atom stereocenters. The summed E-state index contributed by atoms with van der Waals surface area (Å²) in [6.45, 7) is 0.521. The number of carboxylic acid groups (broad SMARTS) is 1. The number of carboxylic acids is 1. The minimum atomic E-state index is -1.04. The van der Waals surface area contributed by atoms with Crippen molar-refractivity contribution < 1.29 is 19.5 Å². The van der Waals surface area contributed by atoms with E-state index in [0.29, 0.717) is 24.5 Å². The van der Waals surface area contributed by atoms with Crippen LogP contribution in [0, 0.1) is 0 Å². The van der Waals surface area contributed by atoms with Crippen molar-refractivity contribution in [3.8, 4) is 11.1 Å². The lowest BCUT2D eigenvalue weighted by Crippen LogP contribution is -2.44. The molecular formula is C25H27N5O4. The van der Waals surface area contributed by atoms with Gasteiger partial charge < -0.3 is 26.4 Å². The van der Waals surface area contributed by atoms with Crippen molar-refractivity contribution in [3.63, 3.8) is 0 Å². The summed E-state index contributed by atoms with van der Waals surface area (Å²) in [5, 5.41) is 20.1. The zero-order valence-electron chi connectivity index (χ0n) is 18.5. The van der Waals surface area contributed by atoms with Crippen molar-refractivity contribution in [2.75, 3.05) is 25.0 Å². The van der Waals surface area contributed by atoms with Crippen molar-refractivity contribution in [1.29, 1.82) is 0 Å². The Bertz CT molecular complexity index is 1080. The third-order valence-electron chi connectivity index (χ3n) is 4.93. The molecule has 176 valence electrons. The zero-order valence-corrected chi connectivity index (χ0v) is 18.5. The van der Waals surface area contributed by atoms with E-state index in [9.17, 15) is 19.5 Å². The Labute approximate surface area is 197 Å². The predicted octanol–water partition coefficient (Wildman–Crippen LogP) is 2.79. The molecule has 5 N–H and O–H groups in total. The highest BCUT2D eigenvalue weighted by Gasteiger charge is 2.18. The summed E-state index contributed by atoms with van der Waals surface area (Å²) in [6, 6.07) is 21.4. The van der Waals surface area contributed by atoms with E-state index >= 15 is 0 Å². The van der Waals surface area contributed by atoms with Crippen LogP contribution < -0.4 is 21.3 Å². The van der Waals surface area contributed by atoms with Crippen LogP contribution in [-0.2, 0) is 9.59 Å². The van der Waals surface area contributed by atoms with Crippen LogP contribution >= 0.6 is 0 Å². The average molecular weight is 462 g/mol. The van der Waals surface area contributed by atoms with Gasteiger partial charge in [-0.25, -0.2) is 9.78 Å². The van der Waals surface area contributed by atoms with Gasteiger partial charge in [-0.05, 0) is 28.8 Å². The molecule has 0 aliphatic carbocycles. The first-order chi connectivity index (χ1) is 16.5. The maximum atomic E-state index is 12.3. The Kier molecular flexibility index (Phi) is 8.98. The van der Waals surface area contributed by atoms with Gasteiger partial charge in [0.25, 0.3) is 0 Å². The Morgan fingerprint density at radius 3 is 2.21 bits per heavy atom. The number of aromatic nitrogens is 1. The molecule has 0 spiro atoms. The van der Waals surface area contributed by atoms with E-state index in [1.165, 1.54) is 0 Å². The molecule has 3 amide bonds. The van der Waals surface area contributed by atoms with E-state index in [2.05, 4.69) is 26.3 Å². The van der Waals surface area contributed by atoms with Crippen LogP contribution in [0.5, 0.6) is 0 Å². The summed E-state index contributed by atoms with van der Waals surface area (Å²) in [6.07, 6.45) is 1.39. The second-order valence-electron chi connectivity index (χ2n) is 7.46. The Morgan fingerprint density at radius 1 is 0.824 bits per heavy atom. The number of amides is 3. The number of urea groups is 1. The van der Waals surface area contributed by atoms with E-state index in [1.54, 1.807) is 18.3 Å². The largest absolute Gasteiger partial charge is 0.481 e. The third-order valence-corrected chi connectivity index (χ3v) is 4.93. The minimum absolute atomic E-state index is 0.276. The summed E-state index contributed by atoms with van der Waals surface area (Å²) in [5.74, 6) is -0.825. The lowest BCUT2D eigenvalue weighted by molar-refractivity contribution is -0.137. The van der Waals surface area contributed by atoms with Crippen molar-refractivity contribution in [2.45, 2.75) is 12.5 Å². The molecule has 3 aromatic rings. The van der Waals surface area contributed by atoms with Gasteiger partial charge in [-0.1, -0.05) is 60.7 Å². The second kappa shape index (κ2) is 12.6.